The predicted octanol–water partition coefficient (Wildman–Crippen LogP) is 3.55. The molecule has 1 aromatic carbocycles. The van der Waals surface area contributed by atoms with Crippen molar-refractivity contribution >= 4 is 45.9 Å². The van der Waals surface area contributed by atoms with Gasteiger partial charge in [0.1, 0.15) is 11.9 Å². The lowest BCUT2D eigenvalue weighted by molar-refractivity contribution is 0.228. The van der Waals surface area contributed by atoms with Gasteiger partial charge in [-0.25, -0.2) is 4.99 Å². The van der Waals surface area contributed by atoms with Gasteiger partial charge in [0.25, 0.3) is 0 Å². The second kappa shape index (κ2) is 9.50. The van der Waals surface area contributed by atoms with E-state index < -0.39 is 0 Å². The van der Waals surface area contributed by atoms with Gasteiger partial charge in [0.05, 0.1) is 11.0 Å². The molecular weight excluding hydrogens is 445 g/mol. The third-order valence-corrected chi connectivity index (χ3v) is 3.59. The number of ether oxygens (including phenoxy) is 1. The standard InChI is InChI=1S/C15H22BrN3O.HI/c1-3-17-15(19-12-8-9-12)18-10-11(2)20-14-7-5-4-6-13(14)16;/h4-7,11-12H,3,8-10H2,1-2H3,(H2,17,18,19);1H. The maximum atomic E-state index is 5.88. The summed E-state index contributed by atoms with van der Waals surface area (Å²) in [6.45, 7) is 5.61. The van der Waals surface area contributed by atoms with Gasteiger partial charge in [0, 0.05) is 12.6 Å². The predicted molar refractivity (Wildman–Crippen MR) is 102 cm³/mol. The Morgan fingerprint density at radius 1 is 1.43 bits per heavy atom. The lowest BCUT2D eigenvalue weighted by atomic mass is 10.3. The van der Waals surface area contributed by atoms with Gasteiger partial charge < -0.3 is 15.4 Å². The number of nitrogens with one attached hydrogen (secondary N) is 2. The molecule has 2 rings (SSSR count). The van der Waals surface area contributed by atoms with Gasteiger partial charge in [0.15, 0.2) is 5.96 Å². The zero-order chi connectivity index (χ0) is 14.4. The monoisotopic (exact) mass is 467 g/mol. The maximum Gasteiger partial charge on any atom is 0.191 e. The van der Waals surface area contributed by atoms with Gasteiger partial charge in [0.2, 0.25) is 0 Å². The molecule has 0 aliphatic heterocycles. The van der Waals surface area contributed by atoms with Crippen LogP contribution in [-0.4, -0.2) is 31.2 Å². The van der Waals surface area contributed by atoms with Crippen LogP contribution < -0.4 is 15.4 Å². The smallest absolute Gasteiger partial charge is 0.191 e. The summed E-state index contributed by atoms with van der Waals surface area (Å²) in [5.41, 5.74) is 0. The Hall–Kier alpha value is -0.500. The normalized spacial score (nSPS) is 15.9. The number of para-hydroxylation sites is 1. The molecule has 0 radical (unpaired) electrons. The molecule has 4 nitrogen and oxygen atoms in total. The number of hydrogen-bond donors (Lipinski definition) is 2. The zero-order valence-corrected chi connectivity index (χ0v) is 16.4. The van der Waals surface area contributed by atoms with Crippen molar-refractivity contribution in [2.75, 3.05) is 13.1 Å². The Morgan fingerprint density at radius 2 is 2.14 bits per heavy atom. The van der Waals surface area contributed by atoms with Gasteiger partial charge in [-0.3, -0.25) is 0 Å². The van der Waals surface area contributed by atoms with E-state index in [4.69, 9.17) is 4.74 Å². The average molecular weight is 468 g/mol. The van der Waals surface area contributed by atoms with Crippen molar-refractivity contribution in [3.8, 4) is 5.75 Å². The molecule has 0 bridgehead atoms. The first-order chi connectivity index (χ1) is 9.69. The number of rotatable bonds is 6. The van der Waals surface area contributed by atoms with Crippen molar-refractivity contribution < 1.29 is 4.74 Å². The van der Waals surface area contributed by atoms with Crippen molar-refractivity contribution in [1.82, 2.24) is 10.6 Å². The fourth-order valence-corrected chi connectivity index (χ4v) is 2.13. The molecule has 1 aromatic rings. The summed E-state index contributed by atoms with van der Waals surface area (Å²) in [6, 6.07) is 8.48. The molecule has 118 valence electrons. The Kier molecular flexibility index (Phi) is 8.39. The third-order valence-electron chi connectivity index (χ3n) is 2.93. The molecule has 6 heteroatoms. The first-order valence-electron chi connectivity index (χ1n) is 7.15. The average Bonchev–Trinajstić information content (AvgIpc) is 3.23. The molecule has 1 saturated carbocycles. The summed E-state index contributed by atoms with van der Waals surface area (Å²) >= 11 is 3.49. The van der Waals surface area contributed by atoms with Gasteiger partial charge in [-0.05, 0) is 54.8 Å². The third kappa shape index (κ3) is 6.86. The van der Waals surface area contributed by atoms with Crippen LogP contribution in [0, 0.1) is 0 Å². The SMILES string of the molecule is CCNC(=NCC(C)Oc1ccccc1Br)NC1CC1.I. The summed E-state index contributed by atoms with van der Waals surface area (Å²) in [5.74, 6) is 1.74. The first kappa shape index (κ1) is 18.5. The summed E-state index contributed by atoms with van der Waals surface area (Å²) in [4.78, 5) is 4.57. The molecule has 1 fully saturated rings. The van der Waals surface area contributed by atoms with Crippen LogP contribution >= 0.6 is 39.9 Å². The highest BCUT2D eigenvalue weighted by Crippen LogP contribution is 2.24. The quantitative estimate of drug-likeness (QED) is 0.382. The molecule has 1 aliphatic carbocycles. The van der Waals surface area contributed by atoms with Crippen molar-refractivity contribution in [1.29, 1.82) is 0 Å². The van der Waals surface area contributed by atoms with Gasteiger partial charge in [-0.1, -0.05) is 12.1 Å². The minimum absolute atomic E-state index is 0. The van der Waals surface area contributed by atoms with E-state index in [9.17, 15) is 0 Å². The molecule has 1 atom stereocenters. The Balaban J connectivity index is 0.00000220. The molecule has 1 unspecified atom stereocenters. The maximum absolute atomic E-state index is 5.88. The van der Waals surface area contributed by atoms with E-state index >= 15 is 0 Å². The second-order valence-corrected chi connectivity index (χ2v) is 5.85. The van der Waals surface area contributed by atoms with E-state index in [-0.39, 0.29) is 30.1 Å². The number of hydrogen-bond acceptors (Lipinski definition) is 2. The van der Waals surface area contributed by atoms with Crippen LogP contribution in [0.15, 0.2) is 33.7 Å². The first-order valence-corrected chi connectivity index (χ1v) is 7.94. The number of guanidine groups is 1. The van der Waals surface area contributed by atoms with Crippen molar-refractivity contribution in [2.45, 2.75) is 38.8 Å². The highest BCUT2D eigenvalue weighted by molar-refractivity contribution is 14.0. The molecule has 21 heavy (non-hydrogen) atoms. The van der Waals surface area contributed by atoms with Crippen LogP contribution in [0.3, 0.4) is 0 Å². The van der Waals surface area contributed by atoms with E-state index in [1.54, 1.807) is 0 Å². The number of benzene rings is 1. The summed E-state index contributed by atoms with van der Waals surface area (Å²) in [7, 11) is 0. The summed E-state index contributed by atoms with van der Waals surface area (Å²) in [6.07, 6.45) is 2.52. The number of nitrogens with zero attached hydrogens (tertiary/aromatic N) is 1. The van der Waals surface area contributed by atoms with Gasteiger partial charge in [-0.15, -0.1) is 24.0 Å². The fraction of sp³-hybridized carbons (Fsp3) is 0.533. The van der Waals surface area contributed by atoms with Crippen LogP contribution in [0.4, 0.5) is 0 Å². The lowest BCUT2D eigenvalue weighted by Gasteiger charge is -2.15. The number of aliphatic imine (C=N–C) groups is 1. The van der Waals surface area contributed by atoms with Crippen LogP contribution in [0.25, 0.3) is 0 Å². The topological polar surface area (TPSA) is 45.7 Å². The molecular formula is C15H23BrIN3O. The van der Waals surface area contributed by atoms with E-state index in [0.717, 1.165) is 22.7 Å². The molecule has 0 aromatic heterocycles. The van der Waals surface area contributed by atoms with Crippen LogP contribution in [0.5, 0.6) is 5.75 Å². The van der Waals surface area contributed by atoms with Crippen molar-refractivity contribution in [2.24, 2.45) is 4.99 Å². The van der Waals surface area contributed by atoms with Crippen LogP contribution in [-0.2, 0) is 0 Å². The molecule has 0 amide bonds. The Morgan fingerprint density at radius 3 is 2.76 bits per heavy atom. The molecule has 0 saturated heterocycles. The minimum atomic E-state index is 0. The van der Waals surface area contributed by atoms with E-state index in [2.05, 4.69) is 38.5 Å². The second-order valence-electron chi connectivity index (χ2n) is 5.00. The fourth-order valence-electron chi connectivity index (χ4n) is 1.76. The Labute approximate surface area is 152 Å². The van der Waals surface area contributed by atoms with E-state index in [1.807, 2.05) is 31.2 Å². The van der Waals surface area contributed by atoms with E-state index in [0.29, 0.717) is 12.6 Å². The van der Waals surface area contributed by atoms with Crippen molar-refractivity contribution in [3.05, 3.63) is 28.7 Å². The van der Waals surface area contributed by atoms with Crippen molar-refractivity contribution in [3.63, 3.8) is 0 Å². The molecule has 2 N–H and O–H groups in total. The largest absolute Gasteiger partial charge is 0.488 e. The molecule has 1 aliphatic rings. The van der Waals surface area contributed by atoms with Crippen LogP contribution in [0.2, 0.25) is 0 Å². The zero-order valence-electron chi connectivity index (χ0n) is 12.4. The molecule has 0 heterocycles. The highest BCUT2D eigenvalue weighted by Gasteiger charge is 2.22. The summed E-state index contributed by atoms with van der Waals surface area (Å²) < 4.78 is 6.86. The van der Waals surface area contributed by atoms with Gasteiger partial charge in [-0.2, -0.15) is 0 Å². The van der Waals surface area contributed by atoms with Crippen LogP contribution in [0.1, 0.15) is 26.7 Å². The number of halogens is 2. The van der Waals surface area contributed by atoms with E-state index in [1.165, 1.54) is 12.8 Å². The minimum Gasteiger partial charge on any atom is -0.488 e. The lowest BCUT2D eigenvalue weighted by Crippen LogP contribution is -2.39. The Bertz CT molecular complexity index is 466. The highest BCUT2D eigenvalue weighted by atomic mass is 127. The van der Waals surface area contributed by atoms with Gasteiger partial charge >= 0.3 is 0 Å². The molecule has 0 spiro atoms. The summed E-state index contributed by atoms with van der Waals surface area (Å²) in [5, 5.41) is 6.66.